The molecule has 0 radical (unpaired) electrons. The van der Waals surface area contributed by atoms with E-state index in [9.17, 15) is 9.90 Å². The van der Waals surface area contributed by atoms with E-state index in [1.807, 2.05) is 17.0 Å². The number of nitrogens with zero attached hydrogens (tertiary/aromatic N) is 1. The first-order chi connectivity index (χ1) is 10.6. The summed E-state index contributed by atoms with van der Waals surface area (Å²) in [7, 11) is 1.65. The maximum Gasteiger partial charge on any atom is 0.227 e. The molecule has 0 saturated carbocycles. The Hall–Kier alpha value is -1.11. The van der Waals surface area contributed by atoms with Crippen LogP contribution in [0.1, 0.15) is 18.4 Å². The average molecular weight is 369 g/mol. The first-order valence-corrected chi connectivity index (χ1v) is 8.45. The molecule has 2 aliphatic heterocycles. The number of aliphatic hydroxyl groups is 1. The second kappa shape index (κ2) is 6.56. The zero-order valence-corrected chi connectivity index (χ0v) is 14.2. The number of hydrogen-bond acceptors (Lipinski definition) is 4. The number of amides is 1. The number of benzene rings is 1. The Bertz CT molecular complexity index is 579. The molecule has 6 heteroatoms. The van der Waals surface area contributed by atoms with E-state index in [1.165, 1.54) is 0 Å². The minimum absolute atomic E-state index is 0.0135. The quantitative estimate of drug-likeness (QED) is 0.852. The summed E-state index contributed by atoms with van der Waals surface area (Å²) < 4.78 is 6.27. The normalized spacial score (nSPS) is 24.2. The van der Waals surface area contributed by atoms with Crippen LogP contribution < -0.4 is 15.0 Å². The van der Waals surface area contributed by atoms with Crippen LogP contribution in [-0.4, -0.2) is 43.9 Å². The number of hydrogen-bond donors (Lipinski definition) is 2. The number of rotatable bonds is 3. The van der Waals surface area contributed by atoms with Crippen LogP contribution in [-0.2, 0) is 11.2 Å². The van der Waals surface area contributed by atoms with Gasteiger partial charge in [0.2, 0.25) is 5.91 Å². The summed E-state index contributed by atoms with van der Waals surface area (Å²) >= 11 is 3.59. The van der Waals surface area contributed by atoms with Gasteiger partial charge in [0.25, 0.3) is 0 Å². The summed E-state index contributed by atoms with van der Waals surface area (Å²) in [4.78, 5) is 14.5. The number of aliphatic hydroxyl groups excluding tert-OH is 1. The highest BCUT2D eigenvalue weighted by Gasteiger charge is 2.31. The lowest BCUT2D eigenvalue weighted by Gasteiger charge is -2.31. The molecule has 0 aliphatic carbocycles. The van der Waals surface area contributed by atoms with Gasteiger partial charge in [0.15, 0.2) is 0 Å². The van der Waals surface area contributed by atoms with Gasteiger partial charge >= 0.3 is 0 Å². The summed E-state index contributed by atoms with van der Waals surface area (Å²) in [5.41, 5.74) is 2.09. The predicted molar refractivity (Wildman–Crippen MR) is 88.4 cm³/mol. The molecule has 5 nitrogen and oxygen atoms in total. The van der Waals surface area contributed by atoms with Gasteiger partial charge in [-0.3, -0.25) is 4.79 Å². The molecule has 22 heavy (non-hydrogen) atoms. The lowest BCUT2D eigenvalue weighted by Crippen LogP contribution is -2.38. The third kappa shape index (κ3) is 2.87. The molecule has 0 bridgehead atoms. The monoisotopic (exact) mass is 368 g/mol. The molecule has 0 spiro atoms. The van der Waals surface area contributed by atoms with E-state index in [4.69, 9.17) is 4.74 Å². The van der Waals surface area contributed by atoms with E-state index < -0.39 is 6.10 Å². The van der Waals surface area contributed by atoms with E-state index in [0.717, 1.165) is 40.9 Å². The molecule has 2 atom stereocenters. The van der Waals surface area contributed by atoms with Crippen molar-refractivity contribution >= 4 is 27.5 Å². The van der Waals surface area contributed by atoms with Crippen molar-refractivity contribution in [2.75, 3.05) is 31.6 Å². The first kappa shape index (κ1) is 15.8. The molecule has 1 amide bonds. The maximum atomic E-state index is 12.7. The molecule has 0 unspecified atom stereocenters. The van der Waals surface area contributed by atoms with Gasteiger partial charge in [-0.05, 0) is 46.5 Å². The van der Waals surface area contributed by atoms with E-state index in [-0.39, 0.29) is 11.8 Å². The van der Waals surface area contributed by atoms with Crippen LogP contribution in [0.2, 0.25) is 0 Å². The molecule has 1 saturated heterocycles. The molecule has 2 N–H and O–H groups in total. The van der Waals surface area contributed by atoms with Crippen molar-refractivity contribution in [2.45, 2.75) is 25.4 Å². The Kier molecular flexibility index (Phi) is 4.70. The van der Waals surface area contributed by atoms with Crippen LogP contribution in [0, 0.1) is 5.92 Å². The van der Waals surface area contributed by atoms with Gasteiger partial charge in [0.1, 0.15) is 5.75 Å². The summed E-state index contributed by atoms with van der Waals surface area (Å²) in [6.45, 7) is 2.03. The third-order valence-electron chi connectivity index (χ3n) is 4.54. The Labute approximate surface area is 138 Å². The van der Waals surface area contributed by atoms with Crippen LogP contribution >= 0.6 is 15.9 Å². The van der Waals surface area contributed by atoms with Crippen LogP contribution in [0.15, 0.2) is 16.6 Å². The number of anilines is 1. The molecule has 3 rings (SSSR count). The number of β-amino-alcohol motifs (C(OH)–C–C–N with tert-alkyl or cyclic N) is 1. The Morgan fingerprint density at radius 3 is 3.00 bits per heavy atom. The highest BCUT2D eigenvalue weighted by atomic mass is 79.9. The van der Waals surface area contributed by atoms with Gasteiger partial charge in [-0.25, -0.2) is 0 Å². The molecule has 1 aromatic carbocycles. The van der Waals surface area contributed by atoms with E-state index in [1.54, 1.807) is 7.11 Å². The summed E-state index contributed by atoms with van der Waals surface area (Å²) in [6, 6.07) is 3.85. The zero-order valence-electron chi connectivity index (χ0n) is 12.6. The molecular formula is C16H21BrN2O3. The molecular weight excluding hydrogens is 348 g/mol. The Morgan fingerprint density at radius 1 is 1.50 bits per heavy atom. The lowest BCUT2D eigenvalue weighted by atomic mass is 9.97. The number of fused-ring (bicyclic) bond motifs is 1. The van der Waals surface area contributed by atoms with Crippen LogP contribution in [0.5, 0.6) is 5.75 Å². The zero-order chi connectivity index (χ0) is 15.7. The number of methoxy groups -OCH3 is 1. The fraction of sp³-hybridized carbons (Fsp3) is 0.562. The number of carbonyl (C=O) groups is 1. The fourth-order valence-corrected chi connectivity index (χ4v) is 3.99. The number of nitrogens with one attached hydrogen (secondary N) is 1. The summed E-state index contributed by atoms with van der Waals surface area (Å²) in [5, 5.41) is 13.0. The van der Waals surface area contributed by atoms with Crippen molar-refractivity contribution < 1.29 is 14.6 Å². The number of halogens is 1. The Morgan fingerprint density at radius 2 is 2.32 bits per heavy atom. The second-order valence-corrected chi connectivity index (χ2v) is 6.71. The predicted octanol–water partition coefficient (Wildman–Crippen LogP) is 1.71. The van der Waals surface area contributed by atoms with Gasteiger partial charge in [-0.2, -0.15) is 0 Å². The molecule has 0 aromatic heterocycles. The molecule has 1 aromatic rings. The van der Waals surface area contributed by atoms with E-state index in [2.05, 4.69) is 21.2 Å². The van der Waals surface area contributed by atoms with Crippen molar-refractivity contribution in [2.24, 2.45) is 5.92 Å². The van der Waals surface area contributed by atoms with Crippen LogP contribution in [0.3, 0.4) is 0 Å². The number of ether oxygens (including phenoxy) is 1. The third-order valence-corrected chi connectivity index (χ3v) is 5.41. The minimum Gasteiger partial charge on any atom is -0.496 e. The molecule has 120 valence electrons. The van der Waals surface area contributed by atoms with Gasteiger partial charge in [-0.15, -0.1) is 0 Å². The minimum atomic E-state index is -0.421. The highest BCUT2D eigenvalue weighted by Crippen LogP contribution is 2.39. The molecule has 2 heterocycles. The van der Waals surface area contributed by atoms with Crippen LogP contribution in [0.25, 0.3) is 0 Å². The summed E-state index contributed by atoms with van der Waals surface area (Å²) in [6.07, 6.45) is 1.84. The highest BCUT2D eigenvalue weighted by molar-refractivity contribution is 9.10. The van der Waals surface area contributed by atoms with Gasteiger partial charge in [-0.1, -0.05) is 0 Å². The topological polar surface area (TPSA) is 61.8 Å². The standard InChI is InChI=1S/C16H21BrN2O3/c1-22-14-5-4-12-11(16(14)17)3-2-6-19(12)15(21)7-10-8-18-9-13(10)20/h4-5,10,13,18,20H,2-3,6-9H2,1H3/t10-,13-/m1/s1. The Balaban J connectivity index is 1.82. The number of carbonyl (C=O) groups excluding carboxylic acids is 1. The lowest BCUT2D eigenvalue weighted by molar-refractivity contribution is -0.120. The summed E-state index contributed by atoms with van der Waals surface area (Å²) in [5.74, 6) is 0.897. The average Bonchev–Trinajstić information content (AvgIpc) is 2.92. The van der Waals surface area contributed by atoms with E-state index in [0.29, 0.717) is 19.5 Å². The molecule has 2 aliphatic rings. The van der Waals surface area contributed by atoms with Crippen molar-refractivity contribution in [1.29, 1.82) is 0 Å². The maximum absolute atomic E-state index is 12.7. The van der Waals surface area contributed by atoms with Gasteiger partial charge in [0.05, 0.1) is 17.7 Å². The smallest absolute Gasteiger partial charge is 0.227 e. The van der Waals surface area contributed by atoms with E-state index >= 15 is 0 Å². The molecule has 1 fully saturated rings. The van der Waals surface area contributed by atoms with Crippen LogP contribution in [0.4, 0.5) is 5.69 Å². The first-order valence-electron chi connectivity index (χ1n) is 7.66. The van der Waals surface area contributed by atoms with Crippen molar-refractivity contribution in [1.82, 2.24) is 5.32 Å². The fourth-order valence-electron chi connectivity index (χ4n) is 3.29. The van der Waals surface area contributed by atoms with Gasteiger partial charge < -0.3 is 20.1 Å². The second-order valence-electron chi connectivity index (χ2n) is 5.92. The largest absolute Gasteiger partial charge is 0.496 e. The van der Waals surface area contributed by atoms with Crippen molar-refractivity contribution in [3.05, 3.63) is 22.2 Å². The SMILES string of the molecule is COc1ccc2c(c1Br)CCCN2C(=O)C[C@@H]1CNC[C@H]1O. The van der Waals surface area contributed by atoms with Gasteiger partial charge in [0, 0.05) is 37.7 Å². The van der Waals surface area contributed by atoms with Crippen molar-refractivity contribution in [3.63, 3.8) is 0 Å². The van der Waals surface area contributed by atoms with Crippen molar-refractivity contribution in [3.8, 4) is 5.75 Å².